The fourth-order valence-electron chi connectivity index (χ4n) is 1.35. The van der Waals surface area contributed by atoms with Crippen LogP contribution in [0.15, 0.2) is 47.1 Å². The van der Waals surface area contributed by atoms with E-state index in [-0.39, 0.29) is 11.6 Å². The molecule has 0 aliphatic carbocycles. The second-order valence-corrected chi connectivity index (χ2v) is 4.23. The highest BCUT2D eigenvalue weighted by Gasteiger charge is 2.01. The summed E-state index contributed by atoms with van der Waals surface area (Å²) in [6.07, 6.45) is 1.56. The second-order valence-electron chi connectivity index (χ2n) is 3.32. The molecule has 1 aromatic heterocycles. The zero-order valence-electron chi connectivity index (χ0n) is 8.45. The van der Waals surface area contributed by atoms with Crippen molar-refractivity contribution in [3.63, 3.8) is 0 Å². The number of hydrogen-bond acceptors (Lipinski definition) is 2. The molecule has 2 aromatic rings. The number of rotatable bonds is 3. The molecule has 2 rings (SSSR count). The third kappa shape index (κ3) is 2.79. The van der Waals surface area contributed by atoms with Crippen LogP contribution in [0.3, 0.4) is 0 Å². The maximum Gasteiger partial charge on any atom is 0.165 e. The standard InChI is InChI=1S/C12H10BrFN2/c13-10-4-1-3-9(7-10)8-16-12-11(14)5-2-6-15-12/h1-7H,8H2,(H,15,16). The largest absolute Gasteiger partial charge is 0.364 e. The molecule has 82 valence electrons. The van der Waals surface area contributed by atoms with E-state index in [1.807, 2.05) is 24.3 Å². The Morgan fingerprint density at radius 2 is 2.12 bits per heavy atom. The summed E-state index contributed by atoms with van der Waals surface area (Å²) in [5.74, 6) is -0.0556. The second kappa shape index (κ2) is 5.07. The summed E-state index contributed by atoms with van der Waals surface area (Å²) in [5.41, 5.74) is 1.07. The summed E-state index contributed by atoms with van der Waals surface area (Å²) < 4.78 is 14.2. The van der Waals surface area contributed by atoms with Crippen LogP contribution in [0.5, 0.6) is 0 Å². The molecule has 4 heteroatoms. The van der Waals surface area contributed by atoms with Gasteiger partial charge in [-0.2, -0.15) is 0 Å². The number of benzene rings is 1. The third-order valence-electron chi connectivity index (χ3n) is 2.11. The van der Waals surface area contributed by atoms with Crippen LogP contribution < -0.4 is 5.32 Å². The quantitative estimate of drug-likeness (QED) is 0.929. The van der Waals surface area contributed by atoms with Crippen LogP contribution in [0.25, 0.3) is 0 Å². The van der Waals surface area contributed by atoms with E-state index in [1.165, 1.54) is 6.07 Å². The molecule has 0 radical (unpaired) electrons. The molecule has 0 aliphatic heterocycles. The molecule has 1 N–H and O–H groups in total. The van der Waals surface area contributed by atoms with Gasteiger partial charge in [0, 0.05) is 17.2 Å². The first-order chi connectivity index (χ1) is 7.75. The van der Waals surface area contributed by atoms with E-state index in [9.17, 15) is 4.39 Å². The lowest BCUT2D eigenvalue weighted by Gasteiger charge is -2.06. The molecule has 1 heterocycles. The number of anilines is 1. The van der Waals surface area contributed by atoms with Gasteiger partial charge in [0.05, 0.1) is 0 Å². The number of nitrogens with one attached hydrogen (secondary N) is 1. The number of hydrogen-bond donors (Lipinski definition) is 1. The van der Waals surface area contributed by atoms with E-state index in [2.05, 4.69) is 26.2 Å². The first-order valence-corrected chi connectivity index (χ1v) is 5.64. The van der Waals surface area contributed by atoms with Gasteiger partial charge in [0.1, 0.15) is 0 Å². The molecule has 0 saturated carbocycles. The number of halogens is 2. The highest BCUT2D eigenvalue weighted by atomic mass is 79.9. The average molecular weight is 281 g/mol. The molecule has 0 aliphatic rings. The Morgan fingerprint density at radius 3 is 2.88 bits per heavy atom. The first-order valence-electron chi connectivity index (χ1n) is 4.84. The van der Waals surface area contributed by atoms with Gasteiger partial charge in [0.15, 0.2) is 11.6 Å². The van der Waals surface area contributed by atoms with Crippen LogP contribution in [-0.2, 0) is 6.54 Å². The molecule has 16 heavy (non-hydrogen) atoms. The maximum atomic E-state index is 13.2. The molecule has 0 atom stereocenters. The average Bonchev–Trinajstić information content (AvgIpc) is 2.28. The first kappa shape index (κ1) is 11.1. The molecule has 0 amide bonds. The molecule has 2 nitrogen and oxygen atoms in total. The predicted octanol–water partition coefficient (Wildman–Crippen LogP) is 3.60. The van der Waals surface area contributed by atoms with E-state index >= 15 is 0 Å². The SMILES string of the molecule is Fc1cccnc1NCc1cccc(Br)c1. The smallest absolute Gasteiger partial charge is 0.165 e. The minimum atomic E-state index is -0.336. The molecule has 0 fully saturated rings. The fourth-order valence-corrected chi connectivity index (χ4v) is 1.80. The minimum Gasteiger partial charge on any atom is -0.364 e. The monoisotopic (exact) mass is 280 g/mol. The van der Waals surface area contributed by atoms with Crippen molar-refractivity contribution in [2.24, 2.45) is 0 Å². The van der Waals surface area contributed by atoms with E-state index in [1.54, 1.807) is 12.3 Å². The minimum absolute atomic E-state index is 0.280. The number of aromatic nitrogens is 1. The number of pyridine rings is 1. The molecular weight excluding hydrogens is 271 g/mol. The zero-order chi connectivity index (χ0) is 11.4. The Hall–Kier alpha value is -1.42. The predicted molar refractivity (Wildman–Crippen MR) is 65.7 cm³/mol. The Labute approximate surface area is 102 Å². The number of nitrogens with zero attached hydrogens (tertiary/aromatic N) is 1. The van der Waals surface area contributed by atoms with Crippen LogP contribution in [0.2, 0.25) is 0 Å². The lowest BCUT2D eigenvalue weighted by molar-refractivity contribution is 0.624. The molecule has 1 aromatic carbocycles. The van der Waals surface area contributed by atoms with Crippen molar-refractivity contribution in [1.29, 1.82) is 0 Å². The Morgan fingerprint density at radius 1 is 1.25 bits per heavy atom. The van der Waals surface area contributed by atoms with Crippen molar-refractivity contribution < 1.29 is 4.39 Å². The van der Waals surface area contributed by atoms with Gasteiger partial charge in [-0.1, -0.05) is 28.1 Å². The molecular formula is C12H10BrFN2. The van der Waals surface area contributed by atoms with Crippen LogP contribution in [0, 0.1) is 5.82 Å². The van der Waals surface area contributed by atoms with E-state index in [0.717, 1.165) is 10.0 Å². The Bertz CT molecular complexity index is 488. The van der Waals surface area contributed by atoms with Gasteiger partial charge in [-0.15, -0.1) is 0 Å². The summed E-state index contributed by atoms with van der Waals surface area (Å²) in [6, 6.07) is 10.8. The van der Waals surface area contributed by atoms with Crippen molar-refractivity contribution in [3.05, 3.63) is 58.4 Å². The van der Waals surface area contributed by atoms with Crippen molar-refractivity contribution in [2.75, 3.05) is 5.32 Å². The lowest BCUT2D eigenvalue weighted by atomic mass is 10.2. The van der Waals surface area contributed by atoms with E-state index in [4.69, 9.17) is 0 Å². The summed E-state index contributed by atoms with van der Waals surface area (Å²) in [6.45, 7) is 0.549. The van der Waals surface area contributed by atoms with Gasteiger partial charge in [-0.05, 0) is 29.8 Å². The highest BCUT2D eigenvalue weighted by molar-refractivity contribution is 9.10. The van der Waals surface area contributed by atoms with Crippen LogP contribution in [-0.4, -0.2) is 4.98 Å². The molecule has 0 unspecified atom stereocenters. The van der Waals surface area contributed by atoms with E-state index < -0.39 is 0 Å². The topological polar surface area (TPSA) is 24.9 Å². The van der Waals surface area contributed by atoms with Gasteiger partial charge in [0.2, 0.25) is 0 Å². The van der Waals surface area contributed by atoms with Crippen molar-refractivity contribution in [3.8, 4) is 0 Å². The third-order valence-corrected chi connectivity index (χ3v) is 2.60. The van der Waals surface area contributed by atoms with Gasteiger partial charge in [0.25, 0.3) is 0 Å². The maximum absolute atomic E-state index is 13.2. The summed E-state index contributed by atoms with van der Waals surface area (Å²) in [4.78, 5) is 3.92. The summed E-state index contributed by atoms with van der Waals surface area (Å²) in [5, 5.41) is 2.95. The van der Waals surface area contributed by atoms with Crippen LogP contribution >= 0.6 is 15.9 Å². The molecule has 0 spiro atoms. The highest BCUT2D eigenvalue weighted by Crippen LogP contribution is 2.14. The van der Waals surface area contributed by atoms with E-state index in [0.29, 0.717) is 6.54 Å². The van der Waals surface area contributed by atoms with Crippen molar-refractivity contribution in [1.82, 2.24) is 4.98 Å². The summed E-state index contributed by atoms with van der Waals surface area (Å²) >= 11 is 3.39. The Balaban J connectivity index is 2.05. The van der Waals surface area contributed by atoms with Gasteiger partial charge in [-0.25, -0.2) is 9.37 Å². The zero-order valence-corrected chi connectivity index (χ0v) is 10.0. The lowest BCUT2D eigenvalue weighted by Crippen LogP contribution is -2.03. The summed E-state index contributed by atoms with van der Waals surface area (Å²) in [7, 11) is 0. The van der Waals surface area contributed by atoms with Crippen molar-refractivity contribution in [2.45, 2.75) is 6.54 Å². The Kier molecular flexibility index (Phi) is 3.51. The fraction of sp³-hybridized carbons (Fsp3) is 0.0833. The van der Waals surface area contributed by atoms with Gasteiger partial charge < -0.3 is 5.32 Å². The van der Waals surface area contributed by atoms with Crippen LogP contribution in [0.4, 0.5) is 10.2 Å². The van der Waals surface area contributed by atoms with Crippen molar-refractivity contribution >= 4 is 21.7 Å². The van der Waals surface area contributed by atoms with Gasteiger partial charge in [-0.3, -0.25) is 0 Å². The molecule has 0 saturated heterocycles. The normalized spacial score (nSPS) is 10.1. The van der Waals surface area contributed by atoms with Crippen LogP contribution in [0.1, 0.15) is 5.56 Å². The van der Waals surface area contributed by atoms with Gasteiger partial charge >= 0.3 is 0 Å². The molecule has 0 bridgehead atoms.